The number of aromatic nitrogens is 1. The third-order valence-electron chi connectivity index (χ3n) is 4.34. The molecule has 0 saturated heterocycles. The molecule has 3 rings (SSSR count). The van der Waals surface area contributed by atoms with Gasteiger partial charge in [0.05, 0.1) is 5.56 Å². The molecule has 0 radical (unpaired) electrons. The minimum atomic E-state index is -0.854. The summed E-state index contributed by atoms with van der Waals surface area (Å²) < 4.78 is 2.34. The van der Waals surface area contributed by atoms with E-state index >= 15 is 0 Å². The van der Waals surface area contributed by atoms with E-state index in [2.05, 4.69) is 23.3 Å². The van der Waals surface area contributed by atoms with Crippen molar-refractivity contribution in [1.29, 1.82) is 0 Å². The van der Waals surface area contributed by atoms with Gasteiger partial charge < -0.3 is 9.67 Å². The second-order valence-electron chi connectivity index (χ2n) is 5.33. The lowest BCUT2D eigenvalue weighted by Gasteiger charge is -2.26. The lowest BCUT2D eigenvalue weighted by atomic mass is 10.0. The van der Waals surface area contributed by atoms with Crippen LogP contribution in [0, 0.1) is 0 Å². The fourth-order valence-corrected chi connectivity index (χ4v) is 3.27. The number of fused-ring (bicyclic) bond motifs is 3. The van der Waals surface area contributed by atoms with Crippen molar-refractivity contribution in [1.82, 2.24) is 9.47 Å². The summed E-state index contributed by atoms with van der Waals surface area (Å²) in [6.45, 7) is 8.31. The lowest BCUT2D eigenvalue weighted by Crippen LogP contribution is -2.30. The van der Waals surface area contributed by atoms with E-state index in [0.29, 0.717) is 5.56 Å². The zero-order chi connectivity index (χ0) is 14.3. The summed E-state index contributed by atoms with van der Waals surface area (Å²) in [5.41, 5.74) is 4.25. The Morgan fingerprint density at radius 3 is 2.75 bits per heavy atom. The standard InChI is InChI=1S/C16H20N2O2/c1-3-17-8-7-15-13(10-17)12-9-11(16(19)20)5-6-14(12)18(15)4-2/h5-6,9H,3-4,7-8,10H2,1-2H3,(H,19,20). The maximum absolute atomic E-state index is 11.2. The van der Waals surface area contributed by atoms with Crippen molar-refractivity contribution in [2.45, 2.75) is 33.4 Å². The summed E-state index contributed by atoms with van der Waals surface area (Å²) in [6.07, 6.45) is 1.05. The first kappa shape index (κ1) is 13.2. The molecule has 0 amide bonds. The van der Waals surface area contributed by atoms with Gasteiger partial charge in [-0.3, -0.25) is 4.90 Å². The molecule has 106 valence electrons. The Morgan fingerprint density at radius 1 is 1.30 bits per heavy atom. The summed E-state index contributed by atoms with van der Waals surface area (Å²) in [6, 6.07) is 5.50. The highest BCUT2D eigenvalue weighted by Crippen LogP contribution is 2.31. The quantitative estimate of drug-likeness (QED) is 0.934. The number of carboxylic acids is 1. The van der Waals surface area contributed by atoms with Crippen LogP contribution in [-0.2, 0) is 19.5 Å². The average Bonchev–Trinajstić information content (AvgIpc) is 2.79. The minimum absolute atomic E-state index is 0.377. The van der Waals surface area contributed by atoms with Gasteiger partial charge in [-0.15, -0.1) is 0 Å². The van der Waals surface area contributed by atoms with Crippen LogP contribution in [0.15, 0.2) is 18.2 Å². The molecular formula is C16H20N2O2. The van der Waals surface area contributed by atoms with Gasteiger partial charge in [-0.2, -0.15) is 0 Å². The first-order valence-corrected chi connectivity index (χ1v) is 7.25. The Balaban J connectivity index is 2.23. The molecule has 0 saturated carbocycles. The summed E-state index contributed by atoms with van der Waals surface area (Å²) in [5, 5.41) is 10.3. The van der Waals surface area contributed by atoms with E-state index in [0.717, 1.165) is 38.0 Å². The molecule has 0 bridgehead atoms. The van der Waals surface area contributed by atoms with Gasteiger partial charge >= 0.3 is 5.97 Å². The molecule has 1 aromatic carbocycles. The molecule has 0 atom stereocenters. The Hall–Kier alpha value is -1.81. The number of rotatable bonds is 3. The highest BCUT2D eigenvalue weighted by molar-refractivity contribution is 5.95. The van der Waals surface area contributed by atoms with Crippen molar-refractivity contribution < 1.29 is 9.90 Å². The molecule has 0 unspecified atom stereocenters. The minimum Gasteiger partial charge on any atom is -0.478 e. The fourth-order valence-electron chi connectivity index (χ4n) is 3.27. The molecule has 1 aliphatic rings. The van der Waals surface area contributed by atoms with Crippen molar-refractivity contribution in [2.24, 2.45) is 0 Å². The molecular weight excluding hydrogens is 252 g/mol. The molecule has 1 aromatic heterocycles. The van der Waals surface area contributed by atoms with Crippen molar-refractivity contribution in [3.8, 4) is 0 Å². The van der Waals surface area contributed by atoms with Gasteiger partial charge in [0, 0.05) is 42.7 Å². The molecule has 4 nitrogen and oxygen atoms in total. The Kier molecular flexibility index (Phi) is 3.26. The van der Waals surface area contributed by atoms with Gasteiger partial charge in [0.1, 0.15) is 0 Å². The average molecular weight is 272 g/mol. The van der Waals surface area contributed by atoms with Gasteiger partial charge in [-0.05, 0) is 37.2 Å². The van der Waals surface area contributed by atoms with Gasteiger partial charge in [-0.1, -0.05) is 6.92 Å². The molecule has 1 aliphatic heterocycles. The van der Waals surface area contributed by atoms with E-state index in [1.807, 2.05) is 12.1 Å². The van der Waals surface area contributed by atoms with Crippen LogP contribution in [0.25, 0.3) is 10.9 Å². The van der Waals surface area contributed by atoms with Crippen LogP contribution in [0.5, 0.6) is 0 Å². The van der Waals surface area contributed by atoms with E-state index in [4.69, 9.17) is 0 Å². The number of carboxylic acid groups (broad SMARTS) is 1. The van der Waals surface area contributed by atoms with Gasteiger partial charge in [0.25, 0.3) is 0 Å². The third-order valence-corrected chi connectivity index (χ3v) is 4.34. The number of likely N-dealkylation sites (N-methyl/N-ethyl adjacent to an activating group) is 1. The number of nitrogens with zero attached hydrogens (tertiary/aromatic N) is 2. The monoisotopic (exact) mass is 272 g/mol. The number of aryl methyl sites for hydroxylation is 1. The highest BCUT2D eigenvalue weighted by Gasteiger charge is 2.23. The van der Waals surface area contributed by atoms with Crippen LogP contribution >= 0.6 is 0 Å². The smallest absolute Gasteiger partial charge is 0.335 e. The number of hydrogen-bond donors (Lipinski definition) is 1. The van der Waals surface area contributed by atoms with Crippen LogP contribution in [0.3, 0.4) is 0 Å². The van der Waals surface area contributed by atoms with Crippen LogP contribution in [0.2, 0.25) is 0 Å². The molecule has 0 spiro atoms. The largest absolute Gasteiger partial charge is 0.478 e. The van der Waals surface area contributed by atoms with Gasteiger partial charge in [-0.25, -0.2) is 4.79 Å². The molecule has 2 aromatic rings. The zero-order valence-electron chi connectivity index (χ0n) is 12.0. The Morgan fingerprint density at radius 2 is 2.10 bits per heavy atom. The van der Waals surface area contributed by atoms with E-state index in [1.165, 1.54) is 16.8 Å². The predicted molar refractivity (Wildman–Crippen MR) is 79.2 cm³/mol. The van der Waals surface area contributed by atoms with E-state index in [-0.39, 0.29) is 0 Å². The zero-order valence-corrected chi connectivity index (χ0v) is 12.0. The summed E-state index contributed by atoms with van der Waals surface area (Å²) in [7, 11) is 0. The second-order valence-corrected chi connectivity index (χ2v) is 5.33. The van der Waals surface area contributed by atoms with E-state index in [9.17, 15) is 9.90 Å². The number of hydrogen-bond acceptors (Lipinski definition) is 2. The van der Waals surface area contributed by atoms with Crippen molar-refractivity contribution in [3.05, 3.63) is 35.0 Å². The maximum atomic E-state index is 11.2. The van der Waals surface area contributed by atoms with Crippen LogP contribution in [0.4, 0.5) is 0 Å². The summed E-state index contributed by atoms with van der Waals surface area (Å²) >= 11 is 0. The molecule has 0 aliphatic carbocycles. The van der Waals surface area contributed by atoms with Crippen LogP contribution in [-0.4, -0.2) is 33.6 Å². The van der Waals surface area contributed by atoms with E-state index < -0.39 is 5.97 Å². The molecule has 4 heteroatoms. The SMILES string of the molecule is CCN1CCc2c(c3cc(C(=O)O)ccc3n2CC)C1. The molecule has 2 heterocycles. The first-order valence-electron chi connectivity index (χ1n) is 7.25. The van der Waals surface area contributed by atoms with Crippen LogP contribution < -0.4 is 0 Å². The maximum Gasteiger partial charge on any atom is 0.335 e. The third kappa shape index (κ3) is 1.91. The topological polar surface area (TPSA) is 45.5 Å². The predicted octanol–water partition coefficient (Wildman–Crippen LogP) is 2.74. The van der Waals surface area contributed by atoms with Gasteiger partial charge in [0.2, 0.25) is 0 Å². The molecule has 20 heavy (non-hydrogen) atoms. The summed E-state index contributed by atoms with van der Waals surface area (Å²) in [4.78, 5) is 13.6. The summed E-state index contributed by atoms with van der Waals surface area (Å²) in [5.74, 6) is -0.854. The number of carbonyl (C=O) groups is 1. The lowest BCUT2D eigenvalue weighted by molar-refractivity contribution is 0.0697. The van der Waals surface area contributed by atoms with Crippen LogP contribution in [0.1, 0.15) is 35.5 Å². The van der Waals surface area contributed by atoms with Crippen molar-refractivity contribution >= 4 is 16.9 Å². The Bertz CT molecular complexity index is 673. The normalized spacial score (nSPS) is 15.5. The molecule has 1 N–H and O–H groups in total. The number of benzene rings is 1. The first-order chi connectivity index (χ1) is 9.65. The van der Waals surface area contributed by atoms with Crippen molar-refractivity contribution in [2.75, 3.05) is 13.1 Å². The highest BCUT2D eigenvalue weighted by atomic mass is 16.4. The molecule has 0 fully saturated rings. The van der Waals surface area contributed by atoms with Crippen molar-refractivity contribution in [3.63, 3.8) is 0 Å². The second kappa shape index (κ2) is 4.94. The fraction of sp³-hybridized carbons (Fsp3) is 0.438. The Labute approximate surface area is 118 Å². The number of aromatic carboxylic acids is 1. The van der Waals surface area contributed by atoms with Gasteiger partial charge in [0.15, 0.2) is 0 Å². The van der Waals surface area contributed by atoms with E-state index in [1.54, 1.807) is 6.07 Å².